The van der Waals surface area contributed by atoms with E-state index in [-0.39, 0.29) is 17.5 Å². The highest BCUT2D eigenvalue weighted by Crippen LogP contribution is 2.37. The van der Waals surface area contributed by atoms with Gasteiger partial charge in [0.1, 0.15) is 17.3 Å². The van der Waals surface area contributed by atoms with Crippen LogP contribution >= 0.6 is 0 Å². The van der Waals surface area contributed by atoms with Crippen molar-refractivity contribution >= 4 is 16.6 Å². The maximum atomic E-state index is 10.7. The molecular formula is C22H18N2O2. The predicted molar refractivity (Wildman–Crippen MR) is 103 cm³/mol. The van der Waals surface area contributed by atoms with Crippen LogP contribution < -0.4 is 5.32 Å². The minimum absolute atomic E-state index is 0.201. The number of hydrogen-bond donors (Lipinski definition) is 3. The molecule has 4 aromatic rings. The fraction of sp³-hybridized carbons (Fsp3) is 0.0455. The topological polar surface area (TPSA) is 65.4 Å². The highest BCUT2D eigenvalue weighted by Gasteiger charge is 2.21. The van der Waals surface area contributed by atoms with Gasteiger partial charge in [-0.2, -0.15) is 0 Å². The summed E-state index contributed by atoms with van der Waals surface area (Å²) in [5, 5.41) is 25.7. The number of hydrogen-bond acceptors (Lipinski definition) is 4. The van der Waals surface area contributed by atoms with Crippen LogP contribution in [0.3, 0.4) is 0 Å². The lowest BCUT2D eigenvalue weighted by atomic mass is 9.92. The van der Waals surface area contributed by atoms with Crippen molar-refractivity contribution in [2.24, 2.45) is 0 Å². The van der Waals surface area contributed by atoms with Crippen molar-refractivity contribution in [3.05, 3.63) is 96.2 Å². The van der Waals surface area contributed by atoms with Gasteiger partial charge in [0.2, 0.25) is 0 Å². The minimum atomic E-state index is -0.323. The lowest BCUT2D eigenvalue weighted by Gasteiger charge is -2.23. The number of anilines is 1. The lowest BCUT2D eigenvalue weighted by Crippen LogP contribution is -2.14. The van der Waals surface area contributed by atoms with Gasteiger partial charge < -0.3 is 15.5 Å². The van der Waals surface area contributed by atoms with Crippen LogP contribution in [0.15, 0.2) is 85.1 Å². The number of fused-ring (bicyclic) bond motifs is 1. The first-order valence-electron chi connectivity index (χ1n) is 8.39. The average Bonchev–Trinajstić information content (AvgIpc) is 2.68. The summed E-state index contributed by atoms with van der Waals surface area (Å²) in [6.07, 6.45) is 1.72. The Hall–Kier alpha value is -3.53. The third-order valence-corrected chi connectivity index (χ3v) is 4.42. The largest absolute Gasteiger partial charge is 0.508 e. The first-order chi connectivity index (χ1) is 12.7. The Balaban J connectivity index is 1.91. The monoisotopic (exact) mass is 342 g/mol. The number of aromatic nitrogens is 1. The van der Waals surface area contributed by atoms with Gasteiger partial charge in [-0.15, -0.1) is 0 Å². The van der Waals surface area contributed by atoms with E-state index in [2.05, 4.69) is 10.3 Å². The molecule has 1 heterocycles. The molecule has 0 aliphatic rings. The van der Waals surface area contributed by atoms with Gasteiger partial charge in [-0.3, -0.25) is 0 Å². The van der Waals surface area contributed by atoms with E-state index in [9.17, 15) is 10.2 Å². The fourth-order valence-electron chi connectivity index (χ4n) is 3.17. The zero-order valence-corrected chi connectivity index (χ0v) is 14.0. The third kappa shape index (κ3) is 3.05. The van der Waals surface area contributed by atoms with Crippen LogP contribution in [0.1, 0.15) is 17.2 Å². The Labute approximate surface area is 151 Å². The highest BCUT2D eigenvalue weighted by atomic mass is 16.3. The summed E-state index contributed by atoms with van der Waals surface area (Å²) >= 11 is 0. The molecule has 0 aliphatic heterocycles. The molecule has 0 spiro atoms. The molecule has 0 saturated carbocycles. The van der Waals surface area contributed by atoms with Crippen LogP contribution in [0, 0.1) is 0 Å². The molecule has 1 unspecified atom stereocenters. The van der Waals surface area contributed by atoms with Crippen molar-refractivity contribution in [3.8, 4) is 11.5 Å². The molecule has 0 aliphatic carbocycles. The van der Waals surface area contributed by atoms with Gasteiger partial charge in [-0.1, -0.05) is 48.5 Å². The molecule has 26 heavy (non-hydrogen) atoms. The molecule has 0 radical (unpaired) electrons. The number of nitrogens with zero attached hydrogens (tertiary/aromatic N) is 1. The van der Waals surface area contributed by atoms with E-state index in [1.807, 2.05) is 60.7 Å². The molecule has 4 heteroatoms. The molecule has 0 bridgehead atoms. The summed E-state index contributed by atoms with van der Waals surface area (Å²) in [6.45, 7) is 0. The van der Waals surface area contributed by atoms with Crippen LogP contribution in [-0.2, 0) is 0 Å². The molecule has 4 nitrogen and oxygen atoms in total. The standard InChI is InChI=1S/C22H18N2O2/c25-17-11-8-16(9-12-17)22(24-20-7-3-4-14-23-20)21-18-6-2-1-5-15(18)10-13-19(21)26/h1-14,22,25-26H,(H,23,24). The van der Waals surface area contributed by atoms with E-state index in [4.69, 9.17) is 0 Å². The molecular weight excluding hydrogens is 324 g/mol. The lowest BCUT2D eigenvalue weighted by molar-refractivity contribution is 0.467. The van der Waals surface area contributed by atoms with Crippen LogP contribution in [0.4, 0.5) is 5.82 Å². The summed E-state index contributed by atoms with van der Waals surface area (Å²) in [5.74, 6) is 1.12. The quantitative estimate of drug-likeness (QED) is 0.496. The summed E-state index contributed by atoms with van der Waals surface area (Å²) in [4.78, 5) is 4.35. The molecule has 1 aromatic heterocycles. The third-order valence-electron chi connectivity index (χ3n) is 4.42. The Morgan fingerprint density at radius 3 is 2.31 bits per heavy atom. The average molecular weight is 342 g/mol. The molecule has 0 amide bonds. The number of pyridine rings is 1. The number of aromatic hydroxyl groups is 2. The molecule has 0 fully saturated rings. The second-order valence-electron chi connectivity index (χ2n) is 6.10. The van der Waals surface area contributed by atoms with Crippen molar-refractivity contribution in [1.82, 2.24) is 4.98 Å². The smallest absolute Gasteiger partial charge is 0.126 e. The van der Waals surface area contributed by atoms with Crippen LogP contribution in [0.5, 0.6) is 11.5 Å². The summed E-state index contributed by atoms with van der Waals surface area (Å²) in [5.41, 5.74) is 1.69. The Morgan fingerprint density at radius 2 is 1.54 bits per heavy atom. The molecule has 3 N–H and O–H groups in total. The van der Waals surface area contributed by atoms with Gasteiger partial charge in [0.05, 0.1) is 6.04 Å². The van der Waals surface area contributed by atoms with Gasteiger partial charge in [0.15, 0.2) is 0 Å². The van der Waals surface area contributed by atoms with Crippen LogP contribution in [-0.4, -0.2) is 15.2 Å². The van der Waals surface area contributed by atoms with Crippen molar-refractivity contribution in [1.29, 1.82) is 0 Å². The fourth-order valence-corrected chi connectivity index (χ4v) is 3.17. The zero-order chi connectivity index (χ0) is 17.9. The Kier molecular flexibility index (Phi) is 4.15. The van der Waals surface area contributed by atoms with E-state index >= 15 is 0 Å². The first kappa shape index (κ1) is 16.0. The highest BCUT2D eigenvalue weighted by molar-refractivity contribution is 5.89. The predicted octanol–water partition coefficient (Wildman–Crippen LogP) is 4.85. The summed E-state index contributed by atoms with van der Waals surface area (Å²) < 4.78 is 0. The van der Waals surface area contributed by atoms with Gasteiger partial charge in [-0.05, 0) is 46.7 Å². The molecule has 128 valence electrons. The van der Waals surface area contributed by atoms with Gasteiger partial charge in [0, 0.05) is 11.8 Å². The normalized spacial score (nSPS) is 12.0. The first-order valence-corrected chi connectivity index (χ1v) is 8.39. The van der Waals surface area contributed by atoms with Crippen molar-refractivity contribution in [2.75, 3.05) is 5.32 Å². The van der Waals surface area contributed by atoms with E-state index in [1.54, 1.807) is 24.4 Å². The number of phenolic OH excluding ortho intramolecular Hbond substituents is 2. The maximum Gasteiger partial charge on any atom is 0.126 e. The Bertz CT molecular complexity index is 1030. The molecule has 3 aromatic carbocycles. The van der Waals surface area contributed by atoms with E-state index in [0.717, 1.165) is 21.9 Å². The van der Waals surface area contributed by atoms with Gasteiger partial charge in [0.25, 0.3) is 0 Å². The molecule has 0 saturated heterocycles. The van der Waals surface area contributed by atoms with Crippen molar-refractivity contribution < 1.29 is 10.2 Å². The SMILES string of the molecule is Oc1ccc(C(Nc2ccccn2)c2c(O)ccc3ccccc23)cc1. The van der Waals surface area contributed by atoms with Crippen LogP contribution in [0.2, 0.25) is 0 Å². The number of rotatable bonds is 4. The van der Waals surface area contributed by atoms with E-state index in [1.165, 1.54) is 0 Å². The van der Waals surface area contributed by atoms with Crippen LogP contribution in [0.25, 0.3) is 10.8 Å². The summed E-state index contributed by atoms with van der Waals surface area (Å²) in [7, 11) is 0. The molecule has 4 rings (SSSR count). The number of phenols is 2. The second kappa shape index (κ2) is 6.76. The summed E-state index contributed by atoms with van der Waals surface area (Å²) in [6, 6.07) is 23.9. The maximum absolute atomic E-state index is 10.7. The Morgan fingerprint density at radius 1 is 0.769 bits per heavy atom. The van der Waals surface area contributed by atoms with Crippen molar-refractivity contribution in [3.63, 3.8) is 0 Å². The van der Waals surface area contributed by atoms with Crippen molar-refractivity contribution in [2.45, 2.75) is 6.04 Å². The minimum Gasteiger partial charge on any atom is -0.508 e. The second-order valence-corrected chi connectivity index (χ2v) is 6.10. The number of benzene rings is 3. The zero-order valence-electron chi connectivity index (χ0n) is 14.0. The van der Waals surface area contributed by atoms with Gasteiger partial charge in [-0.25, -0.2) is 4.98 Å². The van der Waals surface area contributed by atoms with Gasteiger partial charge >= 0.3 is 0 Å². The number of nitrogens with one attached hydrogen (secondary N) is 1. The molecule has 1 atom stereocenters. The van der Waals surface area contributed by atoms with E-state index < -0.39 is 0 Å². The van der Waals surface area contributed by atoms with E-state index in [0.29, 0.717) is 5.82 Å².